The number of hydrogen-bond donors (Lipinski definition) is 1. The van der Waals surface area contributed by atoms with E-state index in [0.29, 0.717) is 11.3 Å². The van der Waals surface area contributed by atoms with Gasteiger partial charge in [-0.3, -0.25) is 4.98 Å². The molecule has 0 amide bonds. The van der Waals surface area contributed by atoms with Crippen LogP contribution in [0.2, 0.25) is 0 Å². The first-order valence-corrected chi connectivity index (χ1v) is 5.33. The SMILES string of the molecule is COc1ccc(F)cc1C(N)c1ncccc1F. The molecule has 0 radical (unpaired) electrons. The minimum atomic E-state index is -0.878. The first-order chi connectivity index (χ1) is 8.63. The van der Waals surface area contributed by atoms with Gasteiger partial charge < -0.3 is 10.5 Å². The minimum Gasteiger partial charge on any atom is -0.496 e. The van der Waals surface area contributed by atoms with Gasteiger partial charge in [-0.15, -0.1) is 0 Å². The molecule has 0 fully saturated rings. The molecule has 2 N–H and O–H groups in total. The third-order valence-corrected chi connectivity index (χ3v) is 2.61. The van der Waals surface area contributed by atoms with Crippen LogP contribution in [0.15, 0.2) is 36.5 Å². The molecule has 0 saturated heterocycles. The molecule has 0 aliphatic rings. The zero-order valence-corrected chi connectivity index (χ0v) is 9.73. The van der Waals surface area contributed by atoms with Crippen molar-refractivity contribution in [1.82, 2.24) is 4.98 Å². The summed E-state index contributed by atoms with van der Waals surface area (Å²) in [5, 5.41) is 0. The number of halogens is 2. The number of methoxy groups -OCH3 is 1. The molecule has 0 aliphatic heterocycles. The average Bonchev–Trinajstić information content (AvgIpc) is 2.38. The molecule has 0 spiro atoms. The van der Waals surface area contributed by atoms with Gasteiger partial charge in [-0.2, -0.15) is 0 Å². The Morgan fingerprint density at radius 1 is 1.28 bits per heavy atom. The molecule has 1 aromatic heterocycles. The van der Waals surface area contributed by atoms with Gasteiger partial charge in [-0.25, -0.2) is 8.78 Å². The summed E-state index contributed by atoms with van der Waals surface area (Å²) in [4.78, 5) is 3.88. The van der Waals surface area contributed by atoms with Crippen molar-refractivity contribution in [2.24, 2.45) is 5.73 Å². The lowest BCUT2D eigenvalue weighted by molar-refractivity contribution is 0.405. The molecular weight excluding hydrogens is 238 g/mol. The summed E-state index contributed by atoms with van der Waals surface area (Å²) >= 11 is 0. The second-order valence-corrected chi connectivity index (χ2v) is 3.73. The molecule has 1 heterocycles. The highest BCUT2D eigenvalue weighted by Crippen LogP contribution is 2.29. The summed E-state index contributed by atoms with van der Waals surface area (Å²) in [6.07, 6.45) is 1.43. The Morgan fingerprint density at radius 2 is 2.06 bits per heavy atom. The van der Waals surface area contributed by atoms with Gasteiger partial charge in [0, 0.05) is 11.8 Å². The Morgan fingerprint density at radius 3 is 2.72 bits per heavy atom. The van der Waals surface area contributed by atoms with Crippen LogP contribution >= 0.6 is 0 Å². The van der Waals surface area contributed by atoms with E-state index in [1.807, 2.05) is 0 Å². The Kier molecular flexibility index (Phi) is 3.53. The largest absolute Gasteiger partial charge is 0.496 e. The second kappa shape index (κ2) is 5.10. The van der Waals surface area contributed by atoms with Crippen molar-refractivity contribution < 1.29 is 13.5 Å². The van der Waals surface area contributed by atoms with Crippen molar-refractivity contribution in [2.75, 3.05) is 7.11 Å². The molecule has 94 valence electrons. The van der Waals surface area contributed by atoms with Crippen LogP contribution in [0.5, 0.6) is 5.75 Å². The highest BCUT2D eigenvalue weighted by atomic mass is 19.1. The summed E-state index contributed by atoms with van der Waals surface area (Å²) in [7, 11) is 1.44. The predicted molar refractivity (Wildman–Crippen MR) is 63.2 cm³/mol. The maximum absolute atomic E-state index is 13.6. The van der Waals surface area contributed by atoms with Crippen LogP contribution in [0.1, 0.15) is 17.3 Å². The van der Waals surface area contributed by atoms with E-state index in [1.165, 1.54) is 43.6 Å². The average molecular weight is 250 g/mol. The smallest absolute Gasteiger partial charge is 0.146 e. The summed E-state index contributed by atoms with van der Waals surface area (Å²) < 4.78 is 31.9. The lowest BCUT2D eigenvalue weighted by atomic mass is 10.0. The van der Waals surface area contributed by atoms with Crippen LogP contribution in [-0.2, 0) is 0 Å². The summed E-state index contributed by atoms with van der Waals surface area (Å²) in [5.41, 5.74) is 6.33. The van der Waals surface area contributed by atoms with E-state index in [2.05, 4.69) is 4.98 Å². The monoisotopic (exact) mass is 250 g/mol. The number of benzene rings is 1. The number of aromatic nitrogens is 1. The van der Waals surface area contributed by atoms with Crippen LogP contribution in [0, 0.1) is 11.6 Å². The van der Waals surface area contributed by atoms with Gasteiger partial charge >= 0.3 is 0 Å². The fourth-order valence-corrected chi connectivity index (χ4v) is 1.72. The first-order valence-electron chi connectivity index (χ1n) is 5.33. The molecule has 0 saturated carbocycles. The molecule has 0 bridgehead atoms. The maximum Gasteiger partial charge on any atom is 0.146 e. The van der Waals surface area contributed by atoms with E-state index in [0.717, 1.165) is 0 Å². The first kappa shape index (κ1) is 12.4. The number of hydrogen-bond acceptors (Lipinski definition) is 3. The number of nitrogens with two attached hydrogens (primary N) is 1. The minimum absolute atomic E-state index is 0.0569. The van der Waals surface area contributed by atoms with E-state index < -0.39 is 17.7 Å². The van der Waals surface area contributed by atoms with Crippen LogP contribution in [0.3, 0.4) is 0 Å². The zero-order valence-electron chi connectivity index (χ0n) is 9.73. The highest BCUT2D eigenvalue weighted by Gasteiger charge is 2.19. The molecular formula is C13H12F2N2O. The molecule has 1 atom stereocenters. The molecule has 2 aromatic rings. The van der Waals surface area contributed by atoms with Crippen molar-refractivity contribution >= 4 is 0 Å². The van der Waals surface area contributed by atoms with Crippen molar-refractivity contribution in [1.29, 1.82) is 0 Å². The van der Waals surface area contributed by atoms with Crippen molar-refractivity contribution in [3.05, 3.63) is 59.4 Å². The van der Waals surface area contributed by atoms with Gasteiger partial charge in [-0.1, -0.05) is 0 Å². The fourth-order valence-electron chi connectivity index (χ4n) is 1.72. The quantitative estimate of drug-likeness (QED) is 0.910. The van der Waals surface area contributed by atoms with Crippen LogP contribution in [0.4, 0.5) is 8.78 Å². The van der Waals surface area contributed by atoms with Crippen LogP contribution < -0.4 is 10.5 Å². The Balaban J connectivity index is 2.48. The molecule has 5 heteroatoms. The Hall–Kier alpha value is -2.01. The topological polar surface area (TPSA) is 48.1 Å². The van der Waals surface area contributed by atoms with Gasteiger partial charge in [0.2, 0.25) is 0 Å². The zero-order chi connectivity index (χ0) is 13.1. The number of rotatable bonds is 3. The van der Waals surface area contributed by atoms with E-state index >= 15 is 0 Å². The fraction of sp³-hybridized carbons (Fsp3) is 0.154. The predicted octanol–water partition coefficient (Wildman–Crippen LogP) is 2.42. The van der Waals surface area contributed by atoms with E-state index in [9.17, 15) is 8.78 Å². The van der Waals surface area contributed by atoms with Gasteiger partial charge in [-0.05, 0) is 30.3 Å². The standard InChI is InChI=1S/C13H12F2N2O/c1-18-11-5-4-8(14)7-9(11)12(16)13-10(15)3-2-6-17-13/h2-7,12H,16H2,1H3. The van der Waals surface area contributed by atoms with Crippen molar-refractivity contribution in [3.63, 3.8) is 0 Å². The van der Waals surface area contributed by atoms with Crippen molar-refractivity contribution in [2.45, 2.75) is 6.04 Å². The maximum atomic E-state index is 13.6. The molecule has 2 rings (SSSR count). The van der Waals surface area contributed by atoms with E-state index in [-0.39, 0.29) is 5.69 Å². The van der Waals surface area contributed by atoms with E-state index in [4.69, 9.17) is 10.5 Å². The summed E-state index contributed by atoms with van der Waals surface area (Å²) in [5.74, 6) is -0.595. The highest BCUT2D eigenvalue weighted by molar-refractivity contribution is 5.40. The number of ether oxygens (including phenoxy) is 1. The molecule has 1 aromatic carbocycles. The molecule has 0 aliphatic carbocycles. The van der Waals surface area contributed by atoms with E-state index in [1.54, 1.807) is 0 Å². The summed E-state index contributed by atoms with van der Waals surface area (Å²) in [6.45, 7) is 0. The summed E-state index contributed by atoms with van der Waals surface area (Å²) in [6, 6.07) is 5.77. The van der Waals surface area contributed by atoms with Gasteiger partial charge in [0.1, 0.15) is 17.4 Å². The van der Waals surface area contributed by atoms with Gasteiger partial charge in [0.15, 0.2) is 0 Å². The lowest BCUT2D eigenvalue weighted by Crippen LogP contribution is -2.16. The number of nitrogens with zero attached hydrogens (tertiary/aromatic N) is 1. The lowest BCUT2D eigenvalue weighted by Gasteiger charge is -2.15. The molecule has 3 nitrogen and oxygen atoms in total. The third-order valence-electron chi connectivity index (χ3n) is 2.61. The third kappa shape index (κ3) is 2.31. The normalized spacial score (nSPS) is 12.2. The Labute approximate surface area is 103 Å². The van der Waals surface area contributed by atoms with Gasteiger partial charge in [0.25, 0.3) is 0 Å². The number of pyridine rings is 1. The Bertz CT molecular complexity index is 560. The van der Waals surface area contributed by atoms with Crippen LogP contribution in [-0.4, -0.2) is 12.1 Å². The molecule has 18 heavy (non-hydrogen) atoms. The second-order valence-electron chi connectivity index (χ2n) is 3.73. The molecule has 1 unspecified atom stereocenters. The van der Waals surface area contributed by atoms with Crippen molar-refractivity contribution in [3.8, 4) is 5.75 Å². The van der Waals surface area contributed by atoms with Crippen LogP contribution in [0.25, 0.3) is 0 Å². The van der Waals surface area contributed by atoms with Gasteiger partial charge in [0.05, 0.1) is 18.8 Å².